The van der Waals surface area contributed by atoms with Crippen molar-refractivity contribution in [3.63, 3.8) is 0 Å². The number of ketones is 1. The Morgan fingerprint density at radius 1 is 1.04 bits per heavy atom. The van der Waals surface area contributed by atoms with Crippen molar-refractivity contribution in [2.75, 3.05) is 11.4 Å². The van der Waals surface area contributed by atoms with Crippen LogP contribution in [0.3, 0.4) is 0 Å². The van der Waals surface area contributed by atoms with Crippen LogP contribution in [0, 0.1) is 11.6 Å². The van der Waals surface area contributed by atoms with Crippen LogP contribution < -0.4 is 4.90 Å². The van der Waals surface area contributed by atoms with E-state index in [2.05, 4.69) is 0 Å². The molecule has 0 atom stereocenters. The van der Waals surface area contributed by atoms with Crippen LogP contribution in [0.2, 0.25) is 0 Å². The molecule has 122 valence electrons. The lowest BCUT2D eigenvalue weighted by Crippen LogP contribution is -2.23. The summed E-state index contributed by atoms with van der Waals surface area (Å²) in [4.78, 5) is 25.5. The second kappa shape index (κ2) is 6.74. The monoisotopic (exact) mass is 327 g/mol. The van der Waals surface area contributed by atoms with E-state index in [0.717, 1.165) is 24.2 Å². The van der Waals surface area contributed by atoms with Gasteiger partial charge < -0.3 is 4.90 Å². The van der Waals surface area contributed by atoms with E-state index in [0.29, 0.717) is 24.1 Å². The molecule has 2 aromatic rings. The maximum Gasteiger partial charge on any atom is 0.227 e. The highest BCUT2D eigenvalue weighted by molar-refractivity contribution is 6.07. The molecule has 3 rings (SSSR count). The van der Waals surface area contributed by atoms with Crippen molar-refractivity contribution in [3.05, 3.63) is 71.3 Å². The van der Waals surface area contributed by atoms with Crippen LogP contribution in [-0.4, -0.2) is 18.2 Å². The summed E-state index contributed by atoms with van der Waals surface area (Å²) in [6.07, 6.45) is 4.14. The third-order valence-electron chi connectivity index (χ3n) is 3.91. The molecule has 0 spiro atoms. The van der Waals surface area contributed by atoms with Gasteiger partial charge in [-0.1, -0.05) is 12.1 Å². The number of amides is 1. The Labute approximate surface area is 138 Å². The number of allylic oxidation sites excluding steroid dienone is 1. The van der Waals surface area contributed by atoms with Gasteiger partial charge in [0.05, 0.1) is 0 Å². The second-order valence-corrected chi connectivity index (χ2v) is 5.57. The molecular formula is C19H15F2NO2. The zero-order valence-electron chi connectivity index (χ0n) is 12.8. The quantitative estimate of drug-likeness (QED) is 0.629. The first kappa shape index (κ1) is 16.1. The van der Waals surface area contributed by atoms with E-state index in [1.807, 2.05) is 0 Å². The minimum atomic E-state index is -0.954. The first-order chi connectivity index (χ1) is 11.5. The van der Waals surface area contributed by atoms with E-state index in [1.165, 1.54) is 18.2 Å². The van der Waals surface area contributed by atoms with Crippen LogP contribution in [0.25, 0.3) is 6.08 Å². The van der Waals surface area contributed by atoms with Crippen molar-refractivity contribution in [3.8, 4) is 0 Å². The molecule has 0 N–H and O–H groups in total. The van der Waals surface area contributed by atoms with Crippen molar-refractivity contribution in [1.82, 2.24) is 0 Å². The van der Waals surface area contributed by atoms with Gasteiger partial charge in [-0.05, 0) is 54.5 Å². The molecule has 24 heavy (non-hydrogen) atoms. The van der Waals surface area contributed by atoms with E-state index >= 15 is 0 Å². The van der Waals surface area contributed by atoms with Gasteiger partial charge in [-0.3, -0.25) is 9.59 Å². The van der Waals surface area contributed by atoms with E-state index < -0.39 is 11.6 Å². The SMILES string of the molecule is O=C(C=Cc1ccc(F)c(F)c1)c1ccc(N2CCCC2=O)cc1. The summed E-state index contributed by atoms with van der Waals surface area (Å²) in [7, 11) is 0. The number of anilines is 1. The van der Waals surface area contributed by atoms with Gasteiger partial charge in [-0.25, -0.2) is 8.78 Å². The highest BCUT2D eigenvalue weighted by Crippen LogP contribution is 2.22. The Morgan fingerprint density at radius 3 is 2.42 bits per heavy atom. The zero-order valence-corrected chi connectivity index (χ0v) is 12.8. The fraction of sp³-hybridized carbons (Fsp3) is 0.158. The molecule has 5 heteroatoms. The first-order valence-corrected chi connectivity index (χ1v) is 7.62. The molecule has 0 bridgehead atoms. The molecule has 1 amide bonds. The van der Waals surface area contributed by atoms with E-state index in [-0.39, 0.29) is 11.7 Å². The lowest BCUT2D eigenvalue weighted by Gasteiger charge is -2.15. The zero-order chi connectivity index (χ0) is 17.1. The highest BCUT2D eigenvalue weighted by Gasteiger charge is 2.21. The maximum absolute atomic E-state index is 13.1. The highest BCUT2D eigenvalue weighted by atomic mass is 19.2. The predicted molar refractivity (Wildman–Crippen MR) is 87.8 cm³/mol. The minimum Gasteiger partial charge on any atom is -0.312 e. The molecule has 1 aliphatic heterocycles. The van der Waals surface area contributed by atoms with E-state index in [1.54, 1.807) is 29.2 Å². The number of carbonyl (C=O) groups is 2. The van der Waals surface area contributed by atoms with E-state index in [4.69, 9.17) is 0 Å². The van der Waals surface area contributed by atoms with Crippen LogP contribution in [-0.2, 0) is 4.79 Å². The Hall–Kier alpha value is -2.82. The Morgan fingerprint density at radius 2 is 1.79 bits per heavy atom. The van der Waals surface area contributed by atoms with Crippen molar-refractivity contribution in [2.24, 2.45) is 0 Å². The summed E-state index contributed by atoms with van der Waals surface area (Å²) in [5.74, 6) is -2.04. The lowest BCUT2D eigenvalue weighted by atomic mass is 10.1. The smallest absolute Gasteiger partial charge is 0.227 e. The number of rotatable bonds is 4. The normalized spacial score (nSPS) is 14.6. The van der Waals surface area contributed by atoms with Crippen LogP contribution >= 0.6 is 0 Å². The Kier molecular flexibility index (Phi) is 4.51. The van der Waals surface area contributed by atoms with Crippen molar-refractivity contribution in [2.45, 2.75) is 12.8 Å². The van der Waals surface area contributed by atoms with Gasteiger partial charge in [-0.15, -0.1) is 0 Å². The first-order valence-electron chi connectivity index (χ1n) is 7.62. The third kappa shape index (κ3) is 3.40. The average molecular weight is 327 g/mol. The number of hydrogen-bond donors (Lipinski definition) is 0. The average Bonchev–Trinajstić information content (AvgIpc) is 3.02. The van der Waals surface area contributed by atoms with E-state index in [9.17, 15) is 18.4 Å². The summed E-state index contributed by atoms with van der Waals surface area (Å²) in [5, 5.41) is 0. The summed E-state index contributed by atoms with van der Waals surface area (Å²) in [5.41, 5.74) is 1.64. The van der Waals surface area contributed by atoms with Gasteiger partial charge in [0.15, 0.2) is 17.4 Å². The van der Waals surface area contributed by atoms with Crippen molar-refractivity contribution >= 4 is 23.5 Å². The molecule has 0 unspecified atom stereocenters. The van der Waals surface area contributed by atoms with Crippen LogP contribution in [0.1, 0.15) is 28.8 Å². The molecular weight excluding hydrogens is 312 g/mol. The molecule has 2 aromatic carbocycles. The van der Waals surface area contributed by atoms with Crippen molar-refractivity contribution in [1.29, 1.82) is 0 Å². The van der Waals surface area contributed by atoms with Gasteiger partial charge in [-0.2, -0.15) is 0 Å². The fourth-order valence-corrected chi connectivity index (χ4v) is 2.61. The lowest BCUT2D eigenvalue weighted by molar-refractivity contribution is -0.117. The number of nitrogens with zero attached hydrogens (tertiary/aromatic N) is 1. The molecule has 1 fully saturated rings. The Bertz CT molecular complexity index is 813. The molecule has 1 saturated heterocycles. The molecule has 0 saturated carbocycles. The van der Waals surface area contributed by atoms with Gasteiger partial charge in [0.1, 0.15) is 0 Å². The molecule has 1 aliphatic rings. The third-order valence-corrected chi connectivity index (χ3v) is 3.91. The summed E-state index contributed by atoms with van der Waals surface area (Å²) in [6, 6.07) is 10.2. The van der Waals surface area contributed by atoms with Crippen LogP contribution in [0.4, 0.5) is 14.5 Å². The molecule has 0 radical (unpaired) electrons. The van der Waals surface area contributed by atoms with Crippen molar-refractivity contribution < 1.29 is 18.4 Å². The maximum atomic E-state index is 13.1. The van der Waals surface area contributed by atoms with Crippen LogP contribution in [0.15, 0.2) is 48.5 Å². The predicted octanol–water partition coefficient (Wildman–Crippen LogP) is 3.99. The topological polar surface area (TPSA) is 37.4 Å². The molecule has 0 aromatic heterocycles. The van der Waals surface area contributed by atoms with Gasteiger partial charge in [0, 0.05) is 24.2 Å². The number of hydrogen-bond acceptors (Lipinski definition) is 2. The summed E-state index contributed by atoms with van der Waals surface area (Å²) < 4.78 is 26.0. The number of carbonyl (C=O) groups excluding carboxylic acids is 2. The molecule has 1 heterocycles. The van der Waals surface area contributed by atoms with Gasteiger partial charge in [0.25, 0.3) is 0 Å². The largest absolute Gasteiger partial charge is 0.312 e. The summed E-state index contributed by atoms with van der Waals surface area (Å²) >= 11 is 0. The molecule has 3 nitrogen and oxygen atoms in total. The standard InChI is InChI=1S/C19H15F2NO2/c20-16-9-3-13(12-17(16)21)4-10-18(23)14-5-7-15(8-6-14)22-11-1-2-19(22)24/h3-10,12H,1-2,11H2. The number of benzene rings is 2. The second-order valence-electron chi connectivity index (χ2n) is 5.57. The molecule has 0 aliphatic carbocycles. The fourth-order valence-electron chi connectivity index (χ4n) is 2.61. The van der Waals surface area contributed by atoms with Gasteiger partial charge in [0.2, 0.25) is 5.91 Å². The Balaban J connectivity index is 1.71. The van der Waals surface area contributed by atoms with Gasteiger partial charge >= 0.3 is 0 Å². The minimum absolute atomic E-state index is 0.0901. The summed E-state index contributed by atoms with van der Waals surface area (Å²) in [6.45, 7) is 0.697. The van der Waals surface area contributed by atoms with Crippen LogP contribution in [0.5, 0.6) is 0 Å². The number of halogens is 2.